The molecule has 0 aliphatic heterocycles. The molecule has 0 spiro atoms. The number of terminal acetylenes is 1. The van der Waals surface area contributed by atoms with E-state index in [9.17, 15) is 0 Å². The Kier molecular flexibility index (Phi) is 3.83. The van der Waals surface area contributed by atoms with Crippen LogP contribution in [0.1, 0.15) is 49.4 Å². The van der Waals surface area contributed by atoms with E-state index in [4.69, 9.17) is 12.2 Å². The molecule has 1 aliphatic carbocycles. The fourth-order valence-electron chi connectivity index (χ4n) is 2.58. The largest absolute Gasteiger partial charge is 0.324 e. The average Bonchev–Trinajstić information content (AvgIpc) is 2.66. The van der Waals surface area contributed by atoms with Crippen LogP contribution in [0.2, 0.25) is 0 Å². The summed E-state index contributed by atoms with van der Waals surface area (Å²) in [6, 6.07) is 8.99. The van der Waals surface area contributed by atoms with Crippen LogP contribution in [-0.2, 0) is 0 Å². The van der Waals surface area contributed by atoms with Gasteiger partial charge in [0, 0.05) is 12.1 Å². The van der Waals surface area contributed by atoms with Crippen molar-refractivity contribution in [2.45, 2.75) is 44.3 Å². The number of nitrogens with two attached hydrogens (primary N) is 1. The van der Waals surface area contributed by atoms with Gasteiger partial charge in [0.1, 0.15) is 0 Å². The zero-order valence-corrected chi connectivity index (χ0v) is 10.3. The predicted molar refractivity (Wildman–Crippen MR) is 71.4 cm³/mol. The van der Waals surface area contributed by atoms with Gasteiger partial charge in [-0.1, -0.05) is 43.5 Å². The van der Waals surface area contributed by atoms with Gasteiger partial charge in [0.25, 0.3) is 0 Å². The monoisotopic (exact) mass is 228 g/mol. The average molecular weight is 228 g/mol. The summed E-state index contributed by atoms with van der Waals surface area (Å²) in [5.41, 5.74) is 8.71. The van der Waals surface area contributed by atoms with Gasteiger partial charge in [-0.3, -0.25) is 5.32 Å². The first-order valence-corrected chi connectivity index (χ1v) is 6.32. The summed E-state index contributed by atoms with van der Waals surface area (Å²) in [6.45, 7) is 2.15. The van der Waals surface area contributed by atoms with E-state index in [-0.39, 0.29) is 12.1 Å². The summed E-state index contributed by atoms with van der Waals surface area (Å²) in [7, 11) is 0. The number of nitrogens with one attached hydrogen (secondary N) is 1. The van der Waals surface area contributed by atoms with E-state index in [1.807, 2.05) is 6.07 Å². The standard InChI is InChI=1S/C15H20N2/c1-3-7-11(4-2)17-15-10-14(16)12-8-5-6-9-13(12)15/h2,5-6,8-9,11,14-15,17H,3,7,10,16H2,1H3. The minimum Gasteiger partial charge on any atom is -0.324 e. The van der Waals surface area contributed by atoms with Crippen LogP contribution >= 0.6 is 0 Å². The molecule has 1 aromatic carbocycles. The second-order valence-corrected chi connectivity index (χ2v) is 4.70. The van der Waals surface area contributed by atoms with Crippen LogP contribution in [0.25, 0.3) is 0 Å². The molecule has 3 atom stereocenters. The van der Waals surface area contributed by atoms with E-state index in [1.165, 1.54) is 11.1 Å². The second kappa shape index (κ2) is 5.35. The molecule has 2 heteroatoms. The fourth-order valence-corrected chi connectivity index (χ4v) is 2.58. The predicted octanol–water partition coefficient (Wildman–Crippen LogP) is 2.52. The molecule has 0 fully saturated rings. The van der Waals surface area contributed by atoms with Gasteiger partial charge >= 0.3 is 0 Å². The van der Waals surface area contributed by atoms with E-state index < -0.39 is 0 Å². The Morgan fingerprint density at radius 2 is 2.18 bits per heavy atom. The van der Waals surface area contributed by atoms with Crippen LogP contribution in [0.3, 0.4) is 0 Å². The Morgan fingerprint density at radius 3 is 2.82 bits per heavy atom. The molecule has 3 N–H and O–H groups in total. The maximum Gasteiger partial charge on any atom is 0.0691 e. The maximum atomic E-state index is 6.14. The first-order chi connectivity index (χ1) is 8.26. The van der Waals surface area contributed by atoms with Gasteiger partial charge in [0.05, 0.1) is 6.04 Å². The van der Waals surface area contributed by atoms with Crippen molar-refractivity contribution in [1.29, 1.82) is 0 Å². The number of benzene rings is 1. The van der Waals surface area contributed by atoms with Crippen molar-refractivity contribution in [3.05, 3.63) is 35.4 Å². The zero-order valence-electron chi connectivity index (χ0n) is 10.3. The highest BCUT2D eigenvalue weighted by atomic mass is 15.0. The topological polar surface area (TPSA) is 38.0 Å². The maximum absolute atomic E-state index is 6.14. The van der Waals surface area contributed by atoms with E-state index in [1.54, 1.807) is 0 Å². The molecule has 17 heavy (non-hydrogen) atoms. The van der Waals surface area contributed by atoms with Crippen molar-refractivity contribution >= 4 is 0 Å². The molecule has 0 amide bonds. The Balaban J connectivity index is 2.12. The van der Waals surface area contributed by atoms with E-state index in [0.29, 0.717) is 6.04 Å². The lowest BCUT2D eigenvalue weighted by atomic mass is 10.1. The van der Waals surface area contributed by atoms with Gasteiger partial charge in [-0.2, -0.15) is 0 Å². The molecule has 0 bridgehead atoms. The van der Waals surface area contributed by atoms with Gasteiger partial charge in [0.15, 0.2) is 0 Å². The quantitative estimate of drug-likeness (QED) is 0.777. The van der Waals surface area contributed by atoms with Crippen LogP contribution < -0.4 is 11.1 Å². The third-order valence-electron chi connectivity index (χ3n) is 3.44. The second-order valence-electron chi connectivity index (χ2n) is 4.70. The smallest absolute Gasteiger partial charge is 0.0691 e. The van der Waals surface area contributed by atoms with Crippen molar-refractivity contribution in [2.75, 3.05) is 0 Å². The summed E-state index contributed by atoms with van der Waals surface area (Å²) >= 11 is 0. The van der Waals surface area contributed by atoms with Gasteiger partial charge in [0.2, 0.25) is 0 Å². The summed E-state index contributed by atoms with van der Waals surface area (Å²) in [5, 5.41) is 3.54. The molecule has 0 aromatic heterocycles. The van der Waals surface area contributed by atoms with Gasteiger partial charge in [-0.15, -0.1) is 6.42 Å². The van der Waals surface area contributed by atoms with Crippen molar-refractivity contribution in [3.63, 3.8) is 0 Å². The molecule has 0 heterocycles. The molecule has 1 aromatic rings. The minimum absolute atomic E-state index is 0.142. The normalized spacial score (nSPS) is 24.1. The molecule has 2 rings (SSSR count). The zero-order chi connectivity index (χ0) is 12.3. The first kappa shape index (κ1) is 12.2. The van der Waals surface area contributed by atoms with E-state index in [2.05, 4.69) is 36.4 Å². The van der Waals surface area contributed by atoms with Crippen molar-refractivity contribution in [1.82, 2.24) is 5.32 Å². The lowest BCUT2D eigenvalue weighted by molar-refractivity contribution is 0.449. The highest BCUT2D eigenvalue weighted by Crippen LogP contribution is 2.37. The minimum atomic E-state index is 0.142. The lowest BCUT2D eigenvalue weighted by Gasteiger charge is -2.19. The summed E-state index contributed by atoms with van der Waals surface area (Å²) in [6.07, 6.45) is 8.61. The summed E-state index contributed by atoms with van der Waals surface area (Å²) in [5.74, 6) is 2.82. The van der Waals surface area contributed by atoms with Crippen LogP contribution in [-0.4, -0.2) is 6.04 Å². The molecule has 2 nitrogen and oxygen atoms in total. The van der Waals surface area contributed by atoms with Crippen LogP contribution in [0, 0.1) is 12.3 Å². The molecular weight excluding hydrogens is 208 g/mol. The molecule has 0 saturated heterocycles. The number of fused-ring (bicyclic) bond motifs is 1. The Bertz CT molecular complexity index is 419. The molecular formula is C15H20N2. The summed E-state index contributed by atoms with van der Waals surface area (Å²) in [4.78, 5) is 0. The van der Waals surface area contributed by atoms with Crippen molar-refractivity contribution < 1.29 is 0 Å². The SMILES string of the molecule is C#CC(CCC)NC1CC(N)c2ccccc21. The summed E-state index contributed by atoms with van der Waals surface area (Å²) < 4.78 is 0. The van der Waals surface area contributed by atoms with Crippen molar-refractivity contribution in [3.8, 4) is 12.3 Å². The Labute approximate surface area is 104 Å². The number of hydrogen-bond acceptors (Lipinski definition) is 2. The van der Waals surface area contributed by atoms with Gasteiger partial charge < -0.3 is 5.73 Å². The Morgan fingerprint density at radius 1 is 1.47 bits per heavy atom. The first-order valence-electron chi connectivity index (χ1n) is 6.32. The van der Waals surface area contributed by atoms with Gasteiger partial charge in [-0.25, -0.2) is 0 Å². The number of rotatable bonds is 4. The third kappa shape index (κ3) is 2.52. The third-order valence-corrected chi connectivity index (χ3v) is 3.44. The Hall–Kier alpha value is -1.30. The van der Waals surface area contributed by atoms with Gasteiger partial charge in [-0.05, 0) is 24.0 Å². The highest BCUT2D eigenvalue weighted by molar-refractivity contribution is 5.37. The molecule has 0 saturated carbocycles. The lowest BCUT2D eigenvalue weighted by Crippen LogP contribution is -2.30. The molecule has 90 valence electrons. The van der Waals surface area contributed by atoms with E-state index in [0.717, 1.165) is 19.3 Å². The van der Waals surface area contributed by atoms with Crippen LogP contribution in [0.5, 0.6) is 0 Å². The fraction of sp³-hybridized carbons (Fsp3) is 0.467. The van der Waals surface area contributed by atoms with E-state index >= 15 is 0 Å². The van der Waals surface area contributed by atoms with Crippen LogP contribution in [0.15, 0.2) is 24.3 Å². The van der Waals surface area contributed by atoms with Crippen molar-refractivity contribution in [2.24, 2.45) is 5.73 Å². The number of hydrogen-bond donors (Lipinski definition) is 2. The molecule has 3 unspecified atom stereocenters. The highest BCUT2D eigenvalue weighted by Gasteiger charge is 2.28. The van der Waals surface area contributed by atoms with Crippen LogP contribution in [0.4, 0.5) is 0 Å². The molecule has 1 aliphatic rings. The molecule has 0 radical (unpaired) electrons.